The third-order valence-corrected chi connectivity index (χ3v) is 2.55. The second-order valence-corrected chi connectivity index (χ2v) is 3.97. The molecule has 0 atom stereocenters. The lowest BCUT2D eigenvalue weighted by Crippen LogP contribution is -2.08. The molecule has 1 aromatic carbocycles. The van der Waals surface area contributed by atoms with Crippen molar-refractivity contribution in [3.05, 3.63) is 47.7 Å². The zero-order valence-corrected chi connectivity index (χ0v) is 9.84. The van der Waals surface area contributed by atoms with Gasteiger partial charge in [-0.3, -0.25) is 10.8 Å². The number of hydrogen-bond acceptors (Lipinski definition) is 4. The molecular formula is C13H13N3O2. The molecule has 0 saturated carbocycles. The minimum Gasteiger partial charge on any atom is -0.478 e. The quantitative estimate of drug-likeness (QED) is 0.567. The lowest BCUT2D eigenvalue weighted by atomic mass is 10.1. The van der Waals surface area contributed by atoms with Gasteiger partial charge in [0.15, 0.2) is 0 Å². The number of nitrogens with zero attached hydrogens (tertiary/aromatic N) is 1. The number of carbonyl (C=O) groups is 1. The first kappa shape index (κ1) is 12.1. The van der Waals surface area contributed by atoms with Gasteiger partial charge >= 0.3 is 5.97 Å². The third-order valence-electron chi connectivity index (χ3n) is 2.55. The third kappa shape index (κ3) is 2.46. The predicted octanol–water partition coefficient (Wildman–Crippen LogP) is 2.04. The highest BCUT2D eigenvalue weighted by Gasteiger charge is 2.08. The van der Waals surface area contributed by atoms with Gasteiger partial charge in [0.2, 0.25) is 0 Å². The molecule has 5 nitrogen and oxygen atoms in total. The topological polar surface area (TPSA) is 88.2 Å². The summed E-state index contributed by atoms with van der Waals surface area (Å²) in [7, 11) is 0. The van der Waals surface area contributed by atoms with E-state index in [1.165, 1.54) is 6.07 Å². The van der Waals surface area contributed by atoms with Gasteiger partial charge in [-0.1, -0.05) is 6.07 Å². The SMILES string of the molecule is Cc1ccc(-c2cc(NN)cc(C(=O)O)c2)nc1. The number of nitrogens with two attached hydrogens (primary N) is 1. The molecule has 0 unspecified atom stereocenters. The number of rotatable bonds is 3. The van der Waals surface area contributed by atoms with Crippen LogP contribution in [0.3, 0.4) is 0 Å². The molecule has 1 heterocycles. The standard InChI is InChI=1S/C13H13N3O2/c1-8-2-3-12(15-7-8)9-4-10(13(17)18)6-11(5-9)16-14/h2-7,16H,14H2,1H3,(H,17,18). The Labute approximate surface area is 104 Å². The summed E-state index contributed by atoms with van der Waals surface area (Å²) in [6, 6.07) is 8.56. The van der Waals surface area contributed by atoms with E-state index in [0.717, 1.165) is 5.56 Å². The van der Waals surface area contributed by atoms with Crippen LogP contribution in [0.4, 0.5) is 5.69 Å². The van der Waals surface area contributed by atoms with E-state index in [1.54, 1.807) is 18.3 Å². The van der Waals surface area contributed by atoms with Crippen LogP contribution < -0.4 is 11.3 Å². The van der Waals surface area contributed by atoms with Crippen LogP contribution in [0.25, 0.3) is 11.3 Å². The van der Waals surface area contributed by atoms with E-state index < -0.39 is 5.97 Å². The summed E-state index contributed by atoms with van der Waals surface area (Å²) in [4.78, 5) is 15.3. The first-order valence-corrected chi connectivity index (χ1v) is 5.38. The molecule has 0 aliphatic carbocycles. The summed E-state index contributed by atoms with van der Waals surface area (Å²) in [6.45, 7) is 1.94. The maximum atomic E-state index is 11.0. The van der Waals surface area contributed by atoms with Gasteiger partial charge in [0, 0.05) is 17.4 Å². The number of anilines is 1. The average Bonchev–Trinajstić information content (AvgIpc) is 2.39. The number of carboxylic acid groups (broad SMARTS) is 1. The number of carboxylic acids is 1. The predicted molar refractivity (Wildman–Crippen MR) is 69.2 cm³/mol. The Morgan fingerprint density at radius 2 is 2.11 bits per heavy atom. The van der Waals surface area contributed by atoms with E-state index in [0.29, 0.717) is 16.9 Å². The van der Waals surface area contributed by atoms with Crippen molar-refractivity contribution < 1.29 is 9.90 Å². The number of hydrazine groups is 1. The van der Waals surface area contributed by atoms with Crippen molar-refractivity contribution in [2.24, 2.45) is 5.84 Å². The molecular weight excluding hydrogens is 230 g/mol. The minimum atomic E-state index is -1.000. The molecule has 0 fully saturated rings. The fraction of sp³-hybridized carbons (Fsp3) is 0.0769. The van der Waals surface area contributed by atoms with Crippen molar-refractivity contribution in [1.29, 1.82) is 0 Å². The Hall–Kier alpha value is -2.40. The molecule has 2 rings (SSSR count). The van der Waals surface area contributed by atoms with Crippen molar-refractivity contribution in [1.82, 2.24) is 4.98 Å². The number of aryl methyl sites for hydroxylation is 1. The summed E-state index contributed by atoms with van der Waals surface area (Å²) in [6.07, 6.45) is 1.73. The fourth-order valence-electron chi connectivity index (χ4n) is 1.62. The highest BCUT2D eigenvalue weighted by molar-refractivity contribution is 5.91. The van der Waals surface area contributed by atoms with E-state index in [2.05, 4.69) is 10.4 Å². The Balaban J connectivity index is 2.52. The Kier molecular flexibility index (Phi) is 3.25. The van der Waals surface area contributed by atoms with Gasteiger partial charge in [-0.05, 0) is 36.8 Å². The van der Waals surface area contributed by atoms with Gasteiger partial charge in [-0.25, -0.2) is 4.79 Å². The summed E-state index contributed by atoms with van der Waals surface area (Å²) < 4.78 is 0. The minimum absolute atomic E-state index is 0.169. The molecule has 92 valence electrons. The number of nitrogen functional groups attached to an aromatic ring is 1. The zero-order valence-electron chi connectivity index (χ0n) is 9.84. The number of nitrogens with one attached hydrogen (secondary N) is 1. The number of aromatic carboxylic acids is 1. The van der Waals surface area contributed by atoms with E-state index >= 15 is 0 Å². The first-order valence-electron chi connectivity index (χ1n) is 5.38. The number of pyridine rings is 1. The normalized spacial score (nSPS) is 10.1. The van der Waals surface area contributed by atoms with Crippen LogP contribution in [0, 0.1) is 6.92 Å². The van der Waals surface area contributed by atoms with Gasteiger partial charge in [0.25, 0.3) is 0 Å². The van der Waals surface area contributed by atoms with Gasteiger partial charge < -0.3 is 10.5 Å². The van der Waals surface area contributed by atoms with Crippen molar-refractivity contribution in [3.63, 3.8) is 0 Å². The van der Waals surface area contributed by atoms with Crippen LogP contribution in [-0.4, -0.2) is 16.1 Å². The highest BCUT2D eigenvalue weighted by Crippen LogP contribution is 2.23. The van der Waals surface area contributed by atoms with E-state index in [-0.39, 0.29) is 5.56 Å². The van der Waals surface area contributed by atoms with Crippen LogP contribution in [0.5, 0.6) is 0 Å². The molecule has 0 aliphatic heterocycles. The van der Waals surface area contributed by atoms with Gasteiger partial charge in [0.05, 0.1) is 11.3 Å². The molecule has 0 saturated heterocycles. The van der Waals surface area contributed by atoms with Crippen molar-refractivity contribution >= 4 is 11.7 Å². The smallest absolute Gasteiger partial charge is 0.335 e. The number of benzene rings is 1. The zero-order chi connectivity index (χ0) is 13.1. The van der Waals surface area contributed by atoms with Crippen molar-refractivity contribution in [2.75, 3.05) is 5.43 Å². The van der Waals surface area contributed by atoms with Crippen LogP contribution in [-0.2, 0) is 0 Å². The molecule has 0 amide bonds. The average molecular weight is 243 g/mol. The lowest BCUT2D eigenvalue weighted by Gasteiger charge is -2.07. The summed E-state index contributed by atoms with van der Waals surface area (Å²) in [5.74, 6) is 4.33. The summed E-state index contributed by atoms with van der Waals surface area (Å²) >= 11 is 0. The maximum absolute atomic E-state index is 11.0. The molecule has 2 aromatic rings. The molecule has 0 radical (unpaired) electrons. The summed E-state index contributed by atoms with van der Waals surface area (Å²) in [5, 5.41) is 9.03. The van der Waals surface area contributed by atoms with Crippen LogP contribution in [0.15, 0.2) is 36.5 Å². The van der Waals surface area contributed by atoms with Gasteiger partial charge in [-0.15, -0.1) is 0 Å². The lowest BCUT2D eigenvalue weighted by molar-refractivity contribution is 0.0697. The Bertz CT molecular complexity index is 579. The molecule has 1 aromatic heterocycles. The van der Waals surface area contributed by atoms with Gasteiger partial charge in [0.1, 0.15) is 0 Å². The van der Waals surface area contributed by atoms with Crippen LogP contribution >= 0.6 is 0 Å². The Morgan fingerprint density at radius 3 is 2.67 bits per heavy atom. The number of hydrogen-bond donors (Lipinski definition) is 3. The molecule has 0 spiro atoms. The second-order valence-electron chi connectivity index (χ2n) is 3.97. The van der Waals surface area contributed by atoms with Crippen molar-refractivity contribution in [3.8, 4) is 11.3 Å². The van der Waals surface area contributed by atoms with Crippen LogP contribution in [0.2, 0.25) is 0 Å². The van der Waals surface area contributed by atoms with E-state index in [9.17, 15) is 4.79 Å². The van der Waals surface area contributed by atoms with Gasteiger partial charge in [-0.2, -0.15) is 0 Å². The first-order chi connectivity index (χ1) is 8.60. The monoisotopic (exact) mass is 243 g/mol. The van der Waals surface area contributed by atoms with Crippen LogP contribution in [0.1, 0.15) is 15.9 Å². The van der Waals surface area contributed by atoms with E-state index in [1.807, 2.05) is 19.1 Å². The largest absolute Gasteiger partial charge is 0.478 e. The van der Waals surface area contributed by atoms with E-state index in [4.69, 9.17) is 10.9 Å². The molecule has 4 N–H and O–H groups in total. The van der Waals surface area contributed by atoms with Crippen molar-refractivity contribution in [2.45, 2.75) is 6.92 Å². The molecule has 0 aliphatic rings. The Morgan fingerprint density at radius 1 is 1.33 bits per heavy atom. The second kappa shape index (κ2) is 4.85. The fourth-order valence-corrected chi connectivity index (χ4v) is 1.62. The molecule has 18 heavy (non-hydrogen) atoms. The molecule has 0 bridgehead atoms. The molecule has 5 heteroatoms. The number of aromatic nitrogens is 1. The maximum Gasteiger partial charge on any atom is 0.335 e. The highest BCUT2D eigenvalue weighted by atomic mass is 16.4. The summed E-state index contributed by atoms with van der Waals surface area (Å²) in [5.41, 5.74) is 5.62.